The van der Waals surface area contributed by atoms with Crippen molar-refractivity contribution < 1.29 is 9.84 Å². The molecule has 0 unspecified atom stereocenters. The third-order valence-corrected chi connectivity index (χ3v) is 3.97. The topological polar surface area (TPSA) is 32.7 Å². The van der Waals surface area contributed by atoms with Gasteiger partial charge in [-0.05, 0) is 38.4 Å². The molecule has 3 nitrogen and oxygen atoms in total. The van der Waals surface area contributed by atoms with Crippen LogP contribution >= 0.6 is 11.6 Å². The number of β-amino-alcohol motifs (C(OH)–C–C–N with tert-alkyl or cyclic N) is 1. The van der Waals surface area contributed by atoms with Gasteiger partial charge in [-0.2, -0.15) is 0 Å². The predicted octanol–water partition coefficient (Wildman–Crippen LogP) is 2.95. The van der Waals surface area contributed by atoms with Crippen molar-refractivity contribution in [3.63, 3.8) is 0 Å². The maximum Gasteiger partial charge on any atom is 0.138 e. The van der Waals surface area contributed by atoms with Gasteiger partial charge >= 0.3 is 0 Å². The van der Waals surface area contributed by atoms with Gasteiger partial charge in [0.2, 0.25) is 0 Å². The van der Waals surface area contributed by atoms with Crippen molar-refractivity contribution in [3.8, 4) is 5.75 Å². The number of halogens is 1. The van der Waals surface area contributed by atoms with E-state index in [1.54, 1.807) is 6.07 Å². The van der Waals surface area contributed by atoms with E-state index in [9.17, 15) is 5.11 Å². The molecule has 0 aliphatic carbocycles. The first-order chi connectivity index (χ1) is 9.16. The molecule has 0 bridgehead atoms. The van der Waals surface area contributed by atoms with E-state index < -0.39 is 6.10 Å². The summed E-state index contributed by atoms with van der Waals surface area (Å²) in [6.45, 7) is 4.25. The number of hydrogen-bond acceptors (Lipinski definition) is 3. The Morgan fingerprint density at radius 3 is 2.95 bits per heavy atom. The van der Waals surface area contributed by atoms with Gasteiger partial charge in [0.15, 0.2) is 0 Å². The molecule has 1 saturated heterocycles. The van der Waals surface area contributed by atoms with E-state index in [0.717, 1.165) is 6.54 Å². The molecule has 0 aromatic heterocycles. The summed E-state index contributed by atoms with van der Waals surface area (Å²) in [5, 5.41) is 10.6. The van der Waals surface area contributed by atoms with Crippen molar-refractivity contribution in [1.29, 1.82) is 0 Å². The number of benzene rings is 1. The van der Waals surface area contributed by atoms with E-state index in [2.05, 4.69) is 11.8 Å². The molecule has 0 amide bonds. The molecule has 0 radical (unpaired) electrons. The van der Waals surface area contributed by atoms with E-state index >= 15 is 0 Å². The number of ether oxygens (including phenoxy) is 1. The molecule has 4 heteroatoms. The van der Waals surface area contributed by atoms with Gasteiger partial charge in [-0.25, -0.2) is 0 Å². The Labute approximate surface area is 120 Å². The number of hydrogen-bond donors (Lipinski definition) is 1. The van der Waals surface area contributed by atoms with Gasteiger partial charge in [0, 0.05) is 12.6 Å². The summed E-state index contributed by atoms with van der Waals surface area (Å²) in [4.78, 5) is 2.34. The molecular formula is C15H22ClNO2. The zero-order valence-corrected chi connectivity index (χ0v) is 12.1. The predicted molar refractivity (Wildman–Crippen MR) is 77.8 cm³/mol. The summed E-state index contributed by atoms with van der Waals surface area (Å²) >= 11 is 6.01. The van der Waals surface area contributed by atoms with Crippen molar-refractivity contribution in [2.45, 2.75) is 38.3 Å². The van der Waals surface area contributed by atoms with Crippen molar-refractivity contribution in [2.24, 2.45) is 0 Å². The average molecular weight is 284 g/mol. The Bertz CT molecular complexity index is 399. The van der Waals surface area contributed by atoms with E-state index in [4.69, 9.17) is 16.3 Å². The van der Waals surface area contributed by atoms with Crippen LogP contribution in [0.2, 0.25) is 5.02 Å². The lowest BCUT2D eigenvalue weighted by atomic mass is 10.0. The van der Waals surface area contributed by atoms with Gasteiger partial charge in [0.25, 0.3) is 0 Å². The second-order valence-corrected chi connectivity index (χ2v) is 5.64. The van der Waals surface area contributed by atoms with Crippen LogP contribution in [-0.4, -0.2) is 41.8 Å². The summed E-state index contributed by atoms with van der Waals surface area (Å²) in [5.41, 5.74) is 0. The molecule has 2 atom stereocenters. The third-order valence-electron chi connectivity index (χ3n) is 3.65. The van der Waals surface area contributed by atoms with Gasteiger partial charge in [-0.3, -0.25) is 4.90 Å². The van der Waals surface area contributed by atoms with Crippen molar-refractivity contribution >= 4 is 11.6 Å². The van der Waals surface area contributed by atoms with Gasteiger partial charge in [0.1, 0.15) is 18.5 Å². The van der Waals surface area contributed by atoms with Crippen LogP contribution in [0.4, 0.5) is 0 Å². The normalized spacial score (nSPS) is 22.2. The number of rotatable bonds is 5. The number of aliphatic hydroxyl groups excluding tert-OH is 1. The summed E-state index contributed by atoms with van der Waals surface area (Å²) in [5.74, 6) is 0.634. The standard InChI is InChI=1S/C15H22ClNO2/c1-12-6-4-5-9-17(12)10-13(18)11-19-15-8-3-2-7-14(15)16/h2-3,7-8,12-13,18H,4-6,9-11H2,1H3/t12-,13+/m0/s1. The lowest BCUT2D eigenvalue weighted by molar-refractivity contribution is 0.0438. The van der Waals surface area contributed by atoms with Crippen LogP contribution in [0, 0.1) is 0 Å². The molecule has 1 aliphatic rings. The fraction of sp³-hybridized carbons (Fsp3) is 0.600. The van der Waals surface area contributed by atoms with Crippen LogP contribution < -0.4 is 4.74 Å². The highest BCUT2D eigenvalue weighted by atomic mass is 35.5. The van der Waals surface area contributed by atoms with Crippen molar-refractivity contribution in [2.75, 3.05) is 19.7 Å². The first-order valence-electron chi connectivity index (χ1n) is 6.96. The maximum atomic E-state index is 10.1. The first kappa shape index (κ1) is 14.6. The molecule has 0 spiro atoms. The summed E-state index contributed by atoms with van der Waals surface area (Å²) in [6.07, 6.45) is 3.27. The van der Waals surface area contributed by atoms with Gasteiger partial charge in [-0.1, -0.05) is 30.2 Å². The summed E-state index contributed by atoms with van der Waals surface area (Å²) in [6, 6.07) is 7.90. The second-order valence-electron chi connectivity index (χ2n) is 5.23. The molecular weight excluding hydrogens is 262 g/mol. The SMILES string of the molecule is C[C@H]1CCCCN1C[C@@H](O)COc1ccccc1Cl. The van der Waals surface area contributed by atoms with E-state index in [-0.39, 0.29) is 6.61 Å². The number of nitrogens with zero attached hydrogens (tertiary/aromatic N) is 1. The smallest absolute Gasteiger partial charge is 0.138 e. The Kier molecular flexibility index (Phi) is 5.49. The van der Waals surface area contributed by atoms with Crippen molar-refractivity contribution in [1.82, 2.24) is 4.90 Å². The van der Waals surface area contributed by atoms with Gasteiger partial charge < -0.3 is 9.84 Å². The monoisotopic (exact) mass is 283 g/mol. The first-order valence-corrected chi connectivity index (χ1v) is 7.34. The van der Waals surface area contributed by atoms with Crippen LogP contribution in [0.1, 0.15) is 26.2 Å². The minimum atomic E-state index is -0.475. The lowest BCUT2D eigenvalue weighted by Gasteiger charge is -2.34. The van der Waals surface area contributed by atoms with Crippen LogP contribution in [-0.2, 0) is 0 Å². The average Bonchev–Trinajstić information content (AvgIpc) is 2.40. The minimum absolute atomic E-state index is 0.285. The Hall–Kier alpha value is -0.770. The number of aliphatic hydroxyl groups is 1. The number of para-hydroxylation sites is 1. The summed E-state index contributed by atoms with van der Waals surface area (Å²) in [7, 11) is 0. The zero-order chi connectivity index (χ0) is 13.7. The van der Waals surface area contributed by atoms with Gasteiger partial charge in [-0.15, -0.1) is 0 Å². The minimum Gasteiger partial charge on any atom is -0.489 e. The zero-order valence-electron chi connectivity index (χ0n) is 11.4. The quantitative estimate of drug-likeness (QED) is 0.902. The van der Waals surface area contributed by atoms with Crippen molar-refractivity contribution in [3.05, 3.63) is 29.3 Å². The third kappa shape index (κ3) is 4.37. The van der Waals surface area contributed by atoms with E-state index in [1.807, 2.05) is 18.2 Å². The lowest BCUT2D eigenvalue weighted by Crippen LogP contribution is -2.43. The molecule has 1 heterocycles. The van der Waals surface area contributed by atoms with E-state index in [0.29, 0.717) is 23.4 Å². The van der Waals surface area contributed by atoms with E-state index in [1.165, 1.54) is 19.3 Å². The molecule has 1 fully saturated rings. The Morgan fingerprint density at radius 2 is 2.21 bits per heavy atom. The van der Waals surface area contributed by atoms with Gasteiger partial charge in [0.05, 0.1) is 5.02 Å². The molecule has 1 aromatic carbocycles. The fourth-order valence-electron chi connectivity index (χ4n) is 2.50. The van der Waals surface area contributed by atoms with Crippen LogP contribution in [0.3, 0.4) is 0 Å². The molecule has 1 aliphatic heterocycles. The summed E-state index contributed by atoms with van der Waals surface area (Å²) < 4.78 is 5.57. The highest BCUT2D eigenvalue weighted by molar-refractivity contribution is 6.32. The number of likely N-dealkylation sites (tertiary alicyclic amines) is 1. The highest BCUT2D eigenvalue weighted by Crippen LogP contribution is 2.23. The molecule has 0 saturated carbocycles. The fourth-order valence-corrected chi connectivity index (χ4v) is 2.69. The van der Waals surface area contributed by atoms with Crippen LogP contribution in [0.15, 0.2) is 24.3 Å². The van der Waals surface area contributed by atoms with Crippen LogP contribution in [0.5, 0.6) is 5.75 Å². The second kappa shape index (κ2) is 7.13. The molecule has 1 aromatic rings. The largest absolute Gasteiger partial charge is 0.489 e. The Balaban J connectivity index is 1.78. The molecule has 19 heavy (non-hydrogen) atoms. The molecule has 2 rings (SSSR count). The maximum absolute atomic E-state index is 10.1. The number of piperidine rings is 1. The van der Waals surface area contributed by atoms with Crippen LogP contribution in [0.25, 0.3) is 0 Å². The molecule has 1 N–H and O–H groups in total. The molecule has 106 valence electrons. The highest BCUT2D eigenvalue weighted by Gasteiger charge is 2.21. The Morgan fingerprint density at radius 1 is 1.42 bits per heavy atom.